The van der Waals surface area contributed by atoms with Crippen molar-refractivity contribution in [2.45, 2.75) is 196 Å². The predicted molar refractivity (Wildman–Crippen MR) is 264 cm³/mol. The van der Waals surface area contributed by atoms with Gasteiger partial charge in [0.15, 0.2) is 5.96 Å². The minimum Gasteiger partial charge on any atom is -0.480 e. The summed E-state index contributed by atoms with van der Waals surface area (Å²) in [7, 11) is 0. The molecule has 0 bridgehead atoms. The monoisotopic (exact) mass is 967 g/mol. The molecular weight excluding hydrogens is 877 g/mol. The lowest BCUT2D eigenvalue weighted by Crippen LogP contribution is -2.61. The molecule has 0 heterocycles. The van der Waals surface area contributed by atoms with Crippen molar-refractivity contribution in [2.75, 3.05) is 13.1 Å². The summed E-state index contributed by atoms with van der Waals surface area (Å²) in [5.74, 6) is -6.96. The SMILES string of the molecule is CC[C@H](C)[C@H](NC(=O)[C@H](CCCCN)NC(=O)[C@@H](N)CC(C)C)C(=O)N[C@@H](CC(C)C)C(=O)N[C@@H](CC(C)C)C(=O)N[C@@H](CC(C)C)C(=O)N[C@@H](CCCN=C(N)N)C(=O)N[C@@H](C(=O)O)C(C)C. The number of carboxylic acid groups (broad SMARTS) is 1. The number of carbonyl (C=O) groups excluding carboxylic acids is 7. The zero-order valence-electron chi connectivity index (χ0n) is 43.0. The van der Waals surface area contributed by atoms with E-state index in [0.29, 0.717) is 32.2 Å². The highest BCUT2D eigenvalue weighted by atomic mass is 16.4. The molecule has 0 aliphatic carbocycles. The van der Waals surface area contributed by atoms with Crippen LogP contribution in [0.25, 0.3) is 0 Å². The van der Waals surface area contributed by atoms with Crippen LogP contribution in [0.2, 0.25) is 0 Å². The number of unbranched alkanes of at least 4 members (excludes halogenated alkanes) is 1. The minimum absolute atomic E-state index is 0.0385. The maximum atomic E-state index is 14.2. The van der Waals surface area contributed by atoms with Crippen molar-refractivity contribution in [3.63, 3.8) is 0 Å². The smallest absolute Gasteiger partial charge is 0.326 e. The van der Waals surface area contributed by atoms with E-state index in [9.17, 15) is 43.5 Å². The molecule has 0 spiro atoms. The quantitative estimate of drug-likeness (QED) is 0.0242. The van der Waals surface area contributed by atoms with E-state index in [1.807, 2.05) is 62.3 Å². The predicted octanol–water partition coefficient (Wildman–Crippen LogP) is 0.861. The van der Waals surface area contributed by atoms with Crippen molar-refractivity contribution in [3.8, 4) is 0 Å². The summed E-state index contributed by atoms with van der Waals surface area (Å²) in [6.07, 6.45) is 3.05. The van der Waals surface area contributed by atoms with E-state index in [0.717, 1.165) is 0 Å². The molecule has 0 aromatic carbocycles. The van der Waals surface area contributed by atoms with Gasteiger partial charge in [-0.2, -0.15) is 0 Å². The van der Waals surface area contributed by atoms with E-state index in [-0.39, 0.29) is 74.7 Å². The molecule has 21 heteroatoms. The van der Waals surface area contributed by atoms with Crippen LogP contribution < -0.4 is 60.2 Å². The number of nitrogens with two attached hydrogens (primary N) is 4. The lowest BCUT2D eigenvalue weighted by Gasteiger charge is -2.30. The summed E-state index contributed by atoms with van der Waals surface area (Å²) in [6, 6.07) is -8.87. The number of carboxylic acids is 1. The average Bonchev–Trinajstić information content (AvgIpc) is 3.22. The van der Waals surface area contributed by atoms with Crippen LogP contribution in [0.4, 0.5) is 0 Å². The van der Waals surface area contributed by atoms with Gasteiger partial charge in [-0.3, -0.25) is 38.6 Å². The third-order valence-corrected chi connectivity index (χ3v) is 11.3. The Bertz CT molecular complexity index is 1640. The van der Waals surface area contributed by atoms with E-state index in [1.165, 1.54) is 0 Å². The molecule has 0 fully saturated rings. The number of guanidine groups is 1. The second-order valence-corrected chi connectivity index (χ2v) is 20.1. The molecule has 0 aromatic heterocycles. The number of aliphatic carboxylic acids is 1. The Morgan fingerprint density at radius 3 is 1.22 bits per heavy atom. The fourth-order valence-corrected chi connectivity index (χ4v) is 7.34. The summed E-state index contributed by atoms with van der Waals surface area (Å²) in [4.78, 5) is 113. The number of hydrogen-bond donors (Lipinski definition) is 12. The van der Waals surface area contributed by atoms with Crippen molar-refractivity contribution < 1.29 is 43.5 Å². The van der Waals surface area contributed by atoms with Gasteiger partial charge in [-0.25, -0.2) is 4.79 Å². The maximum absolute atomic E-state index is 14.2. The van der Waals surface area contributed by atoms with Gasteiger partial charge in [-0.05, 0) is 99.8 Å². The molecule has 0 aliphatic rings. The number of carbonyl (C=O) groups is 8. The molecule has 0 saturated carbocycles. The Morgan fingerprint density at radius 1 is 0.485 bits per heavy atom. The number of amides is 7. The Kier molecular flexibility index (Phi) is 30.2. The van der Waals surface area contributed by atoms with Gasteiger partial charge in [0.05, 0.1) is 6.04 Å². The zero-order valence-corrected chi connectivity index (χ0v) is 43.0. The number of nitrogens with zero attached hydrogens (tertiary/aromatic N) is 1. The molecule has 392 valence electrons. The molecule has 0 unspecified atom stereocenters. The molecule has 68 heavy (non-hydrogen) atoms. The van der Waals surface area contributed by atoms with Gasteiger partial charge >= 0.3 is 5.97 Å². The van der Waals surface area contributed by atoms with Gasteiger partial charge in [0.1, 0.15) is 42.3 Å². The van der Waals surface area contributed by atoms with E-state index in [4.69, 9.17) is 22.9 Å². The lowest BCUT2D eigenvalue weighted by atomic mass is 9.95. The zero-order chi connectivity index (χ0) is 52.4. The largest absolute Gasteiger partial charge is 0.480 e. The van der Waals surface area contributed by atoms with Crippen LogP contribution in [0.3, 0.4) is 0 Å². The van der Waals surface area contributed by atoms with Crippen LogP contribution >= 0.6 is 0 Å². The first-order valence-corrected chi connectivity index (χ1v) is 24.5. The summed E-state index contributed by atoms with van der Waals surface area (Å²) in [5, 5.41) is 28.9. The van der Waals surface area contributed by atoms with Crippen LogP contribution in [0, 0.1) is 35.5 Å². The Balaban J connectivity index is 6.64. The third-order valence-electron chi connectivity index (χ3n) is 11.3. The summed E-state index contributed by atoms with van der Waals surface area (Å²) < 4.78 is 0. The molecule has 9 atom stereocenters. The lowest BCUT2D eigenvalue weighted by molar-refractivity contribution is -0.143. The highest BCUT2D eigenvalue weighted by molar-refractivity contribution is 5.97. The summed E-state index contributed by atoms with van der Waals surface area (Å²) in [5.41, 5.74) is 22.7. The van der Waals surface area contributed by atoms with Gasteiger partial charge in [0.2, 0.25) is 41.4 Å². The van der Waals surface area contributed by atoms with Gasteiger partial charge in [-0.1, -0.05) is 89.5 Å². The normalized spacial score (nSPS) is 15.5. The second-order valence-electron chi connectivity index (χ2n) is 20.1. The summed E-state index contributed by atoms with van der Waals surface area (Å²) >= 11 is 0. The molecule has 0 aliphatic heterocycles. The molecule has 0 aromatic rings. The molecule has 16 N–H and O–H groups in total. The first-order valence-electron chi connectivity index (χ1n) is 24.5. The van der Waals surface area contributed by atoms with Crippen molar-refractivity contribution >= 4 is 53.3 Å². The van der Waals surface area contributed by atoms with E-state index >= 15 is 0 Å². The van der Waals surface area contributed by atoms with Gasteiger partial charge < -0.3 is 65.3 Å². The fraction of sp³-hybridized carbons (Fsp3) is 0.809. The topological polar surface area (TPSA) is 357 Å². The van der Waals surface area contributed by atoms with E-state index in [1.54, 1.807) is 20.8 Å². The van der Waals surface area contributed by atoms with Crippen LogP contribution in [0.1, 0.15) is 147 Å². The third kappa shape index (κ3) is 25.4. The number of hydrogen-bond acceptors (Lipinski definition) is 11. The highest BCUT2D eigenvalue weighted by Crippen LogP contribution is 2.15. The van der Waals surface area contributed by atoms with Crippen molar-refractivity contribution in [1.82, 2.24) is 37.2 Å². The number of aliphatic imine (C=N–C) groups is 1. The number of rotatable bonds is 34. The highest BCUT2D eigenvalue weighted by Gasteiger charge is 2.36. The van der Waals surface area contributed by atoms with Crippen LogP contribution in [0.15, 0.2) is 4.99 Å². The van der Waals surface area contributed by atoms with E-state index < -0.39 is 107 Å². The molecule has 0 saturated heterocycles. The molecule has 21 nitrogen and oxygen atoms in total. The molecule has 0 rings (SSSR count). The van der Waals surface area contributed by atoms with Gasteiger partial charge in [-0.15, -0.1) is 0 Å². The molecule has 7 amide bonds. The fourth-order valence-electron chi connectivity index (χ4n) is 7.34. The molecule has 0 radical (unpaired) electrons. The minimum atomic E-state index is -1.25. The Morgan fingerprint density at radius 2 is 0.853 bits per heavy atom. The second kappa shape index (κ2) is 32.7. The van der Waals surface area contributed by atoms with Crippen molar-refractivity contribution in [2.24, 2.45) is 63.4 Å². The van der Waals surface area contributed by atoms with Crippen LogP contribution in [-0.4, -0.2) is 120 Å². The molecular formula is C47H90N12O9. The van der Waals surface area contributed by atoms with Crippen molar-refractivity contribution in [3.05, 3.63) is 0 Å². The standard InChI is InChI=1S/C47H90N12O9/c1-13-30(12)38(59-41(62)32(17-14-15-19-48)53-39(60)31(49)21-25(2)3)45(66)57-36(24-28(8)9)44(65)56-35(23-27(6)7)43(64)55-34(22-26(4)5)42(63)54-33(18-16-20-52-47(50)51)40(61)58-37(29(10)11)46(67)68/h25-38H,13-24,48-49H2,1-12H3,(H,53,60)(H,54,63)(H,55,64)(H,56,65)(H,57,66)(H,58,61)(H,59,62)(H,67,68)(H4,50,51,52)/t30-,31-,32-,33-,34-,35-,36-,37+,38-/m0/s1. The van der Waals surface area contributed by atoms with Gasteiger partial charge in [0, 0.05) is 6.54 Å². The average molecular weight is 967 g/mol. The first-order chi connectivity index (χ1) is 31.6. The van der Waals surface area contributed by atoms with Crippen LogP contribution in [0.5, 0.6) is 0 Å². The maximum Gasteiger partial charge on any atom is 0.326 e. The Hall–Kier alpha value is -5.05. The first kappa shape index (κ1) is 63.0. The van der Waals surface area contributed by atoms with Crippen LogP contribution in [-0.2, 0) is 38.4 Å². The van der Waals surface area contributed by atoms with Crippen molar-refractivity contribution in [1.29, 1.82) is 0 Å². The summed E-state index contributed by atoms with van der Waals surface area (Å²) in [6.45, 7) is 22.4. The van der Waals surface area contributed by atoms with E-state index in [2.05, 4.69) is 42.2 Å². The van der Waals surface area contributed by atoms with Gasteiger partial charge in [0.25, 0.3) is 0 Å². The Labute approximate surface area is 405 Å². The number of nitrogens with one attached hydrogen (secondary N) is 7.